The average molecular weight is 265 g/mol. The molecule has 2 atom stereocenters. The quantitative estimate of drug-likeness (QED) is 0.838. The molecule has 0 amide bonds. The number of nitrogens with one attached hydrogen (secondary N) is 1. The molecule has 3 rings (SSSR count). The fourth-order valence-corrected chi connectivity index (χ4v) is 3.35. The maximum Gasteiger partial charge on any atom is 0.152 e. The molecule has 1 N–H and O–H groups in total. The summed E-state index contributed by atoms with van der Waals surface area (Å²) in [6, 6.07) is 3.07. The highest BCUT2D eigenvalue weighted by Crippen LogP contribution is 2.44. The molecule has 104 valence electrons. The van der Waals surface area contributed by atoms with Gasteiger partial charge < -0.3 is 5.32 Å². The molecule has 1 aromatic rings. The van der Waals surface area contributed by atoms with Gasteiger partial charge in [-0.3, -0.25) is 0 Å². The maximum atomic E-state index is 14.0. The van der Waals surface area contributed by atoms with E-state index in [2.05, 4.69) is 5.32 Å². The number of benzene rings is 1. The van der Waals surface area contributed by atoms with Crippen molar-refractivity contribution in [3.63, 3.8) is 0 Å². The van der Waals surface area contributed by atoms with Crippen molar-refractivity contribution in [2.45, 2.75) is 51.5 Å². The third kappa shape index (κ3) is 2.75. The lowest BCUT2D eigenvalue weighted by molar-refractivity contribution is 0.302. The van der Waals surface area contributed by atoms with Gasteiger partial charge in [-0.05, 0) is 56.1 Å². The third-order valence-electron chi connectivity index (χ3n) is 4.64. The van der Waals surface area contributed by atoms with Gasteiger partial charge in [0.1, 0.15) is 11.5 Å². The summed E-state index contributed by atoms with van der Waals surface area (Å²) in [5, 5.41) is 3.12. The summed E-state index contributed by atoms with van der Waals surface area (Å²) in [5.74, 6) is 0.740. The van der Waals surface area contributed by atoms with E-state index in [4.69, 9.17) is 0 Å². The third-order valence-corrected chi connectivity index (χ3v) is 4.64. The molecule has 0 heterocycles. The summed E-state index contributed by atoms with van der Waals surface area (Å²) in [6.45, 7) is 1.67. The van der Waals surface area contributed by atoms with Gasteiger partial charge in [-0.2, -0.15) is 0 Å². The van der Waals surface area contributed by atoms with Crippen LogP contribution in [0.1, 0.15) is 44.1 Å². The van der Waals surface area contributed by atoms with Crippen LogP contribution in [0.4, 0.5) is 14.5 Å². The Kier molecular flexibility index (Phi) is 3.46. The van der Waals surface area contributed by atoms with Gasteiger partial charge in [0.05, 0.1) is 0 Å². The number of anilines is 1. The minimum absolute atomic E-state index is 0.0708. The molecular formula is C16H21F2N. The molecule has 19 heavy (non-hydrogen) atoms. The first kappa shape index (κ1) is 12.9. The smallest absolute Gasteiger partial charge is 0.152 e. The lowest BCUT2D eigenvalue weighted by atomic mass is 9.82. The van der Waals surface area contributed by atoms with Gasteiger partial charge in [-0.15, -0.1) is 0 Å². The normalized spacial score (nSPS) is 27.3. The molecule has 3 heteroatoms. The Morgan fingerprint density at radius 1 is 1.05 bits per heavy atom. The van der Waals surface area contributed by atoms with Crippen LogP contribution >= 0.6 is 0 Å². The van der Waals surface area contributed by atoms with Crippen LogP contribution < -0.4 is 5.32 Å². The van der Waals surface area contributed by atoms with E-state index >= 15 is 0 Å². The number of rotatable bonds is 3. The van der Waals surface area contributed by atoms with E-state index in [0.717, 1.165) is 24.7 Å². The standard InChI is InChI=1S/C16H21F2N/c1-10-5-8-14(17)16(15(10)18)19-13-4-2-3-12(9-13)11-6-7-11/h5,8,11-13,19H,2-4,6-7,9H2,1H3. The SMILES string of the molecule is Cc1ccc(F)c(NC2CCCC(C3CC3)C2)c1F. The van der Waals surface area contributed by atoms with Crippen LogP contribution in [-0.2, 0) is 0 Å². The van der Waals surface area contributed by atoms with Crippen LogP contribution in [0.15, 0.2) is 12.1 Å². The summed E-state index contributed by atoms with van der Waals surface area (Å²) in [5.41, 5.74) is 0.569. The Labute approximate surface area is 113 Å². The second-order valence-electron chi connectivity index (χ2n) is 6.16. The first-order chi connectivity index (χ1) is 9.15. The first-order valence-electron chi connectivity index (χ1n) is 7.36. The predicted molar refractivity (Wildman–Crippen MR) is 73.2 cm³/mol. The van der Waals surface area contributed by atoms with E-state index in [9.17, 15) is 8.78 Å². The molecular weight excluding hydrogens is 244 g/mol. The van der Waals surface area contributed by atoms with Crippen LogP contribution in [0.25, 0.3) is 0 Å². The summed E-state index contributed by atoms with van der Waals surface area (Å²) in [6.07, 6.45) is 7.26. The summed E-state index contributed by atoms with van der Waals surface area (Å²) in [7, 11) is 0. The Bertz CT molecular complexity index is 468. The molecule has 2 aliphatic carbocycles. The zero-order valence-electron chi connectivity index (χ0n) is 11.4. The Hall–Kier alpha value is -1.12. The summed E-state index contributed by atoms with van der Waals surface area (Å²) < 4.78 is 27.7. The van der Waals surface area contributed by atoms with Crippen LogP contribution in [0.2, 0.25) is 0 Å². The highest BCUT2D eigenvalue weighted by Gasteiger charge is 2.35. The molecule has 0 aromatic heterocycles. The van der Waals surface area contributed by atoms with Crippen LogP contribution in [-0.4, -0.2) is 6.04 Å². The van der Waals surface area contributed by atoms with E-state index < -0.39 is 11.6 Å². The fourth-order valence-electron chi connectivity index (χ4n) is 3.35. The second-order valence-corrected chi connectivity index (χ2v) is 6.16. The zero-order chi connectivity index (χ0) is 13.4. The lowest BCUT2D eigenvalue weighted by Crippen LogP contribution is -2.29. The molecule has 1 aromatic carbocycles. The molecule has 0 spiro atoms. The van der Waals surface area contributed by atoms with E-state index in [1.165, 1.54) is 37.8 Å². The number of hydrogen-bond donors (Lipinski definition) is 1. The largest absolute Gasteiger partial charge is 0.378 e. The Morgan fingerprint density at radius 2 is 1.84 bits per heavy atom. The average Bonchev–Trinajstić information content (AvgIpc) is 3.24. The van der Waals surface area contributed by atoms with Gasteiger partial charge in [0, 0.05) is 6.04 Å². The summed E-state index contributed by atoms with van der Waals surface area (Å²) in [4.78, 5) is 0. The van der Waals surface area contributed by atoms with E-state index in [-0.39, 0.29) is 11.7 Å². The Morgan fingerprint density at radius 3 is 2.58 bits per heavy atom. The number of halogens is 2. The van der Waals surface area contributed by atoms with Crippen molar-refractivity contribution < 1.29 is 8.78 Å². The van der Waals surface area contributed by atoms with Gasteiger partial charge in [-0.1, -0.05) is 18.9 Å². The van der Waals surface area contributed by atoms with Crippen molar-refractivity contribution in [3.05, 3.63) is 29.3 Å². The highest BCUT2D eigenvalue weighted by molar-refractivity contribution is 5.49. The highest BCUT2D eigenvalue weighted by atomic mass is 19.1. The van der Waals surface area contributed by atoms with Crippen molar-refractivity contribution in [1.82, 2.24) is 0 Å². The number of hydrogen-bond acceptors (Lipinski definition) is 1. The van der Waals surface area contributed by atoms with Crippen molar-refractivity contribution in [2.24, 2.45) is 11.8 Å². The van der Waals surface area contributed by atoms with Crippen molar-refractivity contribution in [3.8, 4) is 0 Å². The van der Waals surface area contributed by atoms with Crippen LogP contribution in [0, 0.1) is 30.4 Å². The molecule has 2 unspecified atom stereocenters. The first-order valence-corrected chi connectivity index (χ1v) is 7.36. The lowest BCUT2D eigenvalue weighted by Gasteiger charge is -2.30. The van der Waals surface area contributed by atoms with E-state index in [1.54, 1.807) is 6.92 Å². The molecule has 0 aliphatic heterocycles. The molecule has 0 bridgehead atoms. The minimum Gasteiger partial charge on any atom is -0.378 e. The fraction of sp³-hybridized carbons (Fsp3) is 0.625. The van der Waals surface area contributed by atoms with E-state index in [1.807, 2.05) is 0 Å². The predicted octanol–water partition coefficient (Wildman–Crippen LogP) is 4.65. The Balaban J connectivity index is 1.72. The van der Waals surface area contributed by atoms with E-state index in [0.29, 0.717) is 5.56 Å². The molecule has 0 saturated heterocycles. The maximum absolute atomic E-state index is 14.0. The second kappa shape index (κ2) is 5.10. The van der Waals surface area contributed by atoms with Gasteiger partial charge in [0.25, 0.3) is 0 Å². The molecule has 2 fully saturated rings. The van der Waals surface area contributed by atoms with Crippen molar-refractivity contribution in [1.29, 1.82) is 0 Å². The van der Waals surface area contributed by atoms with Gasteiger partial charge >= 0.3 is 0 Å². The minimum atomic E-state index is -0.475. The zero-order valence-corrected chi connectivity index (χ0v) is 11.4. The molecule has 2 saturated carbocycles. The van der Waals surface area contributed by atoms with Gasteiger partial charge in [0.15, 0.2) is 5.82 Å². The number of aryl methyl sites for hydroxylation is 1. The van der Waals surface area contributed by atoms with Gasteiger partial charge in [-0.25, -0.2) is 8.78 Å². The molecule has 2 aliphatic rings. The molecule has 1 nitrogen and oxygen atoms in total. The molecule has 0 radical (unpaired) electrons. The van der Waals surface area contributed by atoms with Crippen LogP contribution in [0.5, 0.6) is 0 Å². The van der Waals surface area contributed by atoms with Crippen LogP contribution in [0.3, 0.4) is 0 Å². The monoisotopic (exact) mass is 265 g/mol. The summed E-state index contributed by atoms with van der Waals surface area (Å²) >= 11 is 0. The van der Waals surface area contributed by atoms with Gasteiger partial charge in [0.2, 0.25) is 0 Å². The van der Waals surface area contributed by atoms with Crippen molar-refractivity contribution in [2.75, 3.05) is 5.32 Å². The topological polar surface area (TPSA) is 12.0 Å². The van der Waals surface area contributed by atoms with Crippen molar-refractivity contribution >= 4 is 5.69 Å².